The third-order valence-electron chi connectivity index (χ3n) is 8.61. The number of nitrogens with zero attached hydrogens (tertiary/aromatic N) is 1. The fourth-order valence-corrected chi connectivity index (χ4v) is 9.25. The highest BCUT2D eigenvalue weighted by molar-refractivity contribution is 7.90. The Hall–Kier alpha value is -1.14. The van der Waals surface area contributed by atoms with Crippen LogP contribution in [-0.4, -0.2) is 65.1 Å². The molecule has 2 bridgehead atoms. The van der Waals surface area contributed by atoms with Crippen molar-refractivity contribution in [3.05, 3.63) is 0 Å². The first-order chi connectivity index (χ1) is 14.5. The van der Waals surface area contributed by atoms with Crippen molar-refractivity contribution >= 4 is 15.9 Å². The molecule has 0 aromatic rings. The Labute approximate surface area is 185 Å². The number of ether oxygens (including phenoxy) is 1. The van der Waals surface area contributed by atoms with Crippen LogP contribution in [0.2, 0.25) is 0 Å². The first-order valence-corrected chi connectivity index (χ1v) is 13.2. The minimum atomic E-state index is -3.78. The lowest BCUT2D eigenvalue weighted by Crippen LogP contribution is -2.50. The zero-order valence-corrected chi connectivity index (χ0v) is 19.5. The number of hydrogen-bond donors (Lipinski definition) is 2. The van der Waals surface area contributed by atoms with Crippen LogP contribution in [0.5, 0.6) is 0 Å². The van der Waals surface area contributed by atoms with Crippen molar-refractivity contribution in [2.24, 2.45) is 16.7 Å². The topological polar surface area (TPSA) is 104 Å². The van der Waals surface area contributed by atoms with Gasteiger partial charge in [-0.1, -0.05) is 20.8 Å². The highest BCUT2D eigenvalue weighted by atomic mass is 32.2. The summed E-state index contributed by atoms with van der Waals surface area (Å²) in [4.78, 5) is 13.2. The number of fused-ring (bicyclic) bond motifs is 1. The molecule has 2 saturated carbocycles. The second-order valence-electron chi connectivity index (χ2n) is 10.3. The van der Waals surface area contributed by atoms with E-state index >= 15 is 0 Å². The predicted molar refractivity (Wildman–Crippen MR) is 115 cm³/mol. The molecule has 4 aliphatic rings. The van der Waals surface area contributed by atoms with Crippen molar-refractivity contribution in [2.45, 2.75) is 103 Å². The van der Waals surface area contributed by atoms with Crippen LogP contribution in [0.3, 0.4) is 0 Å². The zero-order valence-electron chi connectivity index (χ0n) is 18.7. The molecule has 2 saturated heterocycles. The molecule has 8 heteroatoms. The van der Waals surface area contributed by atoms with Crippen LogP contribution in [0.25, 0.3) is 0 Å². The Bertz CT molecular complexity index is 889. The van der Waals surface area contributed by atoms with E-state index in [-0.39, 0.29) is 17.2 Å². The van der Waals surface area contributed by atoms with Gasteiger partial charge in [-0.25, -0.2) is 12.7 Å². The molecule has 2 heterocycles. The molecular formula is C23H35NO6S. The maximum Gasteiger partial charge on any atom is 0.267 e. The standard InChI is InChI=1S/C23H35NO6S/c1-4-5-6-7-8-16(25)17-9-10-18(30-17)20(26)21(27)24-19-13-15-11-12-23(19,22(15,2)3)14-31(24,28)29/h15-20,25-26H,4,7-14H2,1-3H3/t15-,16+,17+,18-,19-,20+,23-/m0/s1. The Morgan fingerprint density at radius 2 is 1.90 bits per heavy atom. The van der Waals surface area contributed by atoms with Crippen molar-refractivity contribution in [3.63, 3.8) is 0 Å². The maximum absolute atomic E-state index is 13.2. The predicted octanol–water partition coefficient (Wildman–Crippen LogP) is 1.82. The van der Waals surface area contributed by atoms with Crippen molar-refractivity contribution in [2.75, 3.05) is 5.75 Å². The van der Waals surface area contributed by atoms with E-state index in [0.717, 1.165) is 23.6 Å². The molecule has 31 heavy (non-hydrogen) atoms. The fourth-order valence-electron chi connectivity index (χ4n) is 6.69. The van der Waals surface area contributed by atoms with Gasteiger partial charge < -0.3 is 14.9 Å². The quantitative estimate of drug-likeness (QED) is 0.616. The zero-order chi connectivity index (χ0) is 22.6. The summed E-state index contributed by atoms with van der Waals surface area (Å²) in [6, 6.07) is -0.367. The number of aliphatic hydroxyl groups is 2. The van der Waals surface area contributed by atoms with Gasteiger partial charge in [0.15, 0.2) is 6.10 Å². The average Bonchev–Trinajstić information content (AvgIpc) is 3.40. The highest BCUT2D eigenvalue weighted by Crippen LogP contribution is 2.70. The molecule has 7 atom stereocenters. The van der Waals surface area contributed by atoms with Gasteiger partial charge in [-0.2, -0.15) is 0 Å². The third-order valence-corrected chi connectivity index (χ3v) is 10.5. The van der Waals surface area contributed by atoms with Crippen LogP contribution in [0.4, 0.5) is 0 Å². The van der Waals surface area contributed by atoms with E-state index in [2.05, 4.69) is 25.7 Å². The van der Waals surface area contributed by atoms with Crippen LogP contribution in [0.15, 0.2) is 0 Å². The molecule has 0 aromatic heterocycles. The molecule has 0 unspecified atom stereocenters. The SMILES string of the molecule is CCC#CCC[C@@H](O)[C@H]1CC[C@@H]([C@@H](O)C(=O)N2[C@H]3C[C@@H]4CC[C@@]3(CS2(=O)=O)C4(C)C)O1. The van der Waals surface area contributed by atoms with Gasteiger partial charge in [0.2, 0.25) is 10.0 Å². The molecule has 174 valence electrons. The van der Waals surface area contributed by atoms with Crippen LogP contribution >= 0.6 is 0 Å². The molecular weight excluding hydrogens is 418 g/mol. The van der Waals surface area contributed by atoms with Gasteiger partial charge in [-0.3, -0.25) is 4.79 Å². The Kier molecular flexibility index (Phi) is 5.96. The molecule has 4 rings (SSSR count). The minimum absolute atomic E-state index is 0.0156. The first-order valence-electron chi connectivity index (χ1n) is 11.6. The molecule has 1 amide bonds. The summed E-state index contributed by atoms with van der Waals surface area (Å²) >= 11 is 0. The molecule has 1 spiro atoms. The van der Waals surface area contributed by atoms with E-state index in [9.17, 15) is 23.4 Å². The summed E-state index contributed by atoms with van der Waals surface area (Å²) in [6.45, 7) is 6.22. The van der Waals surface area contributed by atoms with Crippen molar-refractivity contribution in [3.8, 4) is 11.8 Å². The van der Waals surface area contributed by atoms with Gasteiger partial charge in [0.05, 0.1) is 30.1 Å². The average molecular weight is 454 g/mol. The second-order valence-corrected chi connectivity index (χ2v) is 12.1. The number of rotatable bonds is 5. The van der Waals surface area contributed by atoms with E-state index in [0.29, 0.717) is 38.0 Å². The van der Waals surface area contributed by atoms with E-state index in [1.807, 2.05) is 6.92 Å². The number of amides is 1. The molecule has 2 aliphatic heterocycles. The summed E-state index contributed by atoms with van der Waals surface area (Å²) in [7, 11) is -3.78. The van der Waals surface area contributed by atoms with E-state index in [1.165, 1.54) is 0 Å². The van der Waals surface area contributed by atoms with Crippen LogP contribution < -0.4 is 0 Å². The number of sulfonamides is 1. The molecule has 7 nitrogen and oxygen atoms in total. The third kappa shape index (κ3) is 3.52. The smallest absolute Gasteiger partial charge is 0.267 e. The molecule has 2 aliphatic carbocycles. The van der Waals surface area contributed by atoms with Gasteiger partial charge in [-0.05, 0) is 49.9 Å². The van der Waals surface area contributed by atoms with Gasteiger partial charge in [-0.15, -0.1) is 11.8 Å². The molecule has 2 N–H and O–H groups in total. The number of hydrogen-bond acceptors (Lipinski definition) is 6. The lowest BCUT2D eigenvalue weighted by Gasteiger charge is -2.37. The van der Waals surface area contributed by atoms with Gasteiger partial charge in [0, 0.05) is 18.3 Å². The molecule has 4 fully saturated rings. The molecule has 0 aromatic carbocycles. The Morgan fingerprint density at radius 1 is 1.19 bits per heavy atom. The van der Waals surface area contributed by atoms with Crippen LogP contribution in [0, 0.1) is 28.6 Å². The number of carbonyl (C=O) groups excluding carboxylic acids is 1. The van der Waals surface area contributed by atoms with E-state index < -0.39 is 45.8 Å². The summed E-state index contributed by atoms with van der Waals surface area (Å²) in [5, 5.41) is 21.2. The number of carbonyl (C=O) groups is 1. The normalized spacial score (nSPS) is 39.1. The first kappa shape index (κ1) is 23.0. The lowest BCUT2D eigenvalue weighted by atomic mass is 9.69. The minimum Gasteiger partial charge on any atom is -0.390 e. The summed E-state index contributed by atoms with van der Waals surface area (Å²) < 4.78 is 32.9. The monoisotopic (exact) mass is 453 g/mol. The van der Waals surface area contributed by atoms with Crippen molar-refractivity contribution in [1.29, 1.82) is 0 Å². The van der Waals surface area contributed by atoms with Crippen LogP contribution in [-0.2, 0) is 19.6 Å². The van der Waals surface area contributed by atoms with E-state index in [4.69, 9.17) is 4.74 Å². The number of aliphatic hydroxyl groups excluding tert-OH is 2. The van der Waals surface area contributed by atoms with Crippen molar-refractivity contribution in [1.82, 2.24) is 4.31 Å². The largest absolute Gasteiger partial charge is 0.390 e. The van der Waals surface area contributed by atoms with Gasteiger partial charge in [0.25, 0.3) is 5.91 Å². The Morgan fingerprint density at radius 3 is 2.58 bits per heavy atom. The fraction of sp³-hybridized carbons (Fsp3) is 0.870. The molecule has 0 radical (unpaired) electrons. The van der Waals surface area contributed by atoms with Crippen molar-refractivity contribution < 1.29 is 28.2 Å². The highest BCUT2D eigenvalue weighted by Gasteiger charge is 2.72. The summed E-state index contributed by atoms with van der Waals surface area (Å²) in [5.41, 5.74) is -0.550. The summed E-state index contributed by atoms with van der Waals surface area (Å²) in [5.74, 6) is 5.57. The summed E-state index contributed by atoms with van der Waals surface area (Å²) in [6.07, 6.45) is 1.69. The van der Waals surface area contributed by atoms with Gasteiger partial charge >= 0.3 is 0 Å². The second kappa shape index (κ2) is 8.02. The van der Waals surface area contributed by atoms with Crippen LogP contribution in [0.1, 0.15) is 72.1 Å². The lowest BCUT2D eigenvalue weighted by molar-refractivity contribution is -0.148. The Balaban J connectivity index is 1.43. The van der Waals surface area contributed by atoms with Gasteiger partial charge in [0.1, 0.15) is 0 Å². The maximum atomic E-state index is 13.2. The van der Waals surface area contributed by atoms with E-state index in [1.54, 1.807) is 0 Å².